The van der Waals surface area contributed by atoms with Gasteiger partial charge in [-0.25, -0.2) is 23.9 Å². The third-order valence-corrected chi connectivity index (χ3v) is 7.78. The minimum Gasteiger partial charge on any atom is -0.480 e. The van der Waals surface area contributed by atoms with Gasteiger partial charge in [0.2, 0.25) is 5.43 Å². The van der Waals surface area contributed by atoms with Gasteiger partial charge in [0.25, 0.3) is 5.91 Å². The number of cyclic esters (lactones) is 1. The molecule has 7 rings (SSSR count). The van der Waals surface area contributed by atoms with E-state index >= 15 is 4.39 Å². The van der Waals surface area contributed by atoms with Crippen LogP contribution in [0.1, 0.15) is 25.3 Å². The number of nitrogens with zero attached hydrogens (tertiary/aromatic N) is 5. The molecule has 3 aliphatic heterocycles. The molecule has 1 saturated carbocycles. The van der Waals surface area contributed by atoms with E-state index in [4.69, 9.17) is 14.6 Å². The van der Waals surface area contributed by atoms with Gasteiger partial charge in [-0.05, 0) is 37.5 Å². The van der Waals surface area contributed by atoms with Gasteiger partial charge < -0.3 is 39.4 Å². The van der Waals surface area contributed by atoms with Crippen molar-refractivity contribution in [1.82, 2.24) is 19.9 Å². The number of ether oxygens (including phenoxy) is 3. The molecule has 3 aromatic heterocycles. The Balaban J connectivity index is 1.02. The van der Waals surface area contributed by atoms with E-state index < -0.39 is 29.6 Å². The van der Waals surface area contributed by atoms with E-state index in [-0.39, 0.29) is 59.6 Å². The summed E-state index contributed by atoms with van der Waals surface area (Å²) in [7, 11) is 0. The topological polar surface area (TPSA) is 177 Å². The smallest absolute Gasteiger partial charge is 0.480 e. The first kappa shape index (κ1) is 26.9. The molecule has 4 aliphatic rings. The molecule has 15 nitrogen and oxygen atoms in total. The van der Waals surface area contributed by atoms with Crippen molar-refractivity contribution in [3.05, 3.63) is 40.4 Å². The van der Waals surface area contributed by atoms with E-state index in [0.717, 1.165) is 18.9 Å². The van der Waals surface area contributed by atoms with E-state index in [0.29, 0.717) is 37.6 Å². The van der Waals surface area contributed by atoms with Crippen LogP contribution in [0.15, 0.2) is 29.2 Å². The predicted molar refractivity (Wildman–Crippen MR) is 147 cm³/mol. The van der Waals surface area contributed by atoms with Crippen LogP contribution in [0.3, 0.4) is 0 Å². The minimum absolute atomic E-state index is 0.0235. The van der Waals surface area contributed by atoms with E-state index in [1.807, 2.05) is 0 Å². The van der Waals surface area contributed by atoms with Crippen LogP contribution in [0, 0.1) is 5.82 Å². The summed E-state index contributed by atoms with van der Waals surface area (Å²) >= 11 is 0. The molecule has 3 N–H and O–H groups in total. The number of carbonyl (C=O) groups excluding carboxylic acids is 2. The summed E-state index contributed by atoms with van der Waals surface area (Å²) in [6.07, 6.45) is 1.01. The first-order valence-electron chi connectivity index (χ1n) is 13.8. The first-order chi connectivity index (χ1) is 20.7. The van der Waals surface area contributed by atoms with Crippen molar-refractivity contribution in [3.8, 4) is 11.5 Å². The normalized spacial score (nSPS) is 21.4. The maximum atomic E-state index is 15.3. The number of hydrogen-bond donors (Lipinski definition) is 3. The van der Waals surface area contributed by atoms with Crippen LogP contribution < -0.4 is 35.3 Å². The van der Waals surface area contributed by atoms with Crippen molar-refractivity contribution < 1.29 is 38.1 Å². The number of rotatable bonds is 7. The highest BCUT2D eigenvalue weighted by atomic mass is 19.1. The van der Waals surface area contributed by atoms with Gasteiger partial charge in [0, 0.05) is 31.7 Å². The lowest BCUT2D eigenvalue weighted by molar-refractivity contribution is -0.118. The number of nitrogens with one attached hydrogen (secondary N) is 2. The molecule has 43 heavy (non-hydrogen) atoms. The molecule has 224 valence electrons. The lowest BCUT2D eigenvalue weighted by Gasteiger charge is -2.21. The van der Waals surface area contributed by atoms with E-state index in [2.05, 4.69) is 25.3 Å². The molecule has 0 spiro atoms. The summed E-state index contributed by atoms with van der Waals surface area (Å²) in [5, 5.41) is 15.0. The summed E-state index contributed by atoms with van der Waals surface area (Å²) in [5.41, 5.74) is -0.463. The van der Waals surface area contributed by atoms with Crippen LogP contribution in [0.25, 0.3) is 11.0 Å². The third kappa shape index (κ3) is 5.13. The SMILES string of the molecule is O=C1COc2ccc(N3C[C@H](CNC4CCN(c5nc6c(cc5F)c(=O)c(OC(=O)O)cn6C5CC5)C4)OC3=O)nc2N1. The van der Waals surface area contributed by atoms with Crippen LogP contribution >= 0.6 is 0 Å². The molecular formula is C27H26FN7O8. The van der Waals surface area contributed by atoms with E-state index in [1.54, 1.807) is 21.6 Å². The number of aromatic nitrogens is 3. The summed E-state index contributed by atoms with van der Waals surface area (Å²) in [6, 6.07) is 4.32. The number of halogens is 1. The van der Waals surface area contributed by atoms with E-state index in [9.17, 15) is 19.2 Å². The number of pyridine rings is 3. The van der Waals surface area contributed by atoms with Gasteiger partial charge in [-0.3, -0.25) is 14.5 Å². The fourth-order valence-corrected chi connectivity index (χ4v) is 5.57. The Labute approximate surface area is 242 Å². The molecule has 1 unspecified atom stereocenters. The average Bonchev–Trinajstić information content (AvgIpc) is 3.59. The minimum atomic E-state index is -1.63. The number of carboxylic acid groups (broad SMARTS) is 1. The molecule has 2 amide bonds. The zero-order chi connectivity index (χ0) is 29.8. The second-order valence-corrected chi connectivity index (χ2v) is 10.8. The maximum absolute atomic E-state index is 15.3. The second-order valence-electron chi connectivity index (χ2n) is 10.8. The van der Waals surface area contributed by atoms with Crippen molar-refractivity contribution in [2.24, 2.45) is 0 Å². The first-order valence-corrected chi connectivity index (χ1v) is 13.8. The van der Waals surface area contributed by atoms with Crippen LogP contribution in [0.2, 0.25) is 0 Å². The van der Waals surface area contributed by atoms with Crippen LogP contribution in [0.4, 0.5) is 31.4 Å². The largest absolute Gasteiger partial charge is 0.511 e. The highest BCUT2D eigenvalue weighted by Crippen LogP contribution is 2.38. The molecule has 0 bridgehead atoms. The van der Waals surface area contributed by atoms with Gasteiger partial charge in [0.05, 0.1) is 18.1 Å². The number of amides is 2. The zero-order valence-corrected chi connectivity index (χ0v) is 22.6. The molecule has 2 saturated heterocycles. The lowest BCUT2D eigenvalue weighted by Crippen LogP contribution is -2.39. The van der Waals surface area contributed by atoms with Gasteiger partial charge in [-0.2, -0.15) is 0 Å². The Morgan fingerprint density at radius 3 is 2.81 bits per heavy atom. The summed E-state index contributed by atoms with van der Waals surface area (Å²) < 4.78 is 32.5. The van der Waals surface area contributed by atoms with Crippen molar-refractivity contribution in [1.29, 1.82) is 0 Å². The van der Waals surface area contributed by atoms with Crippen molar-refractivity contribution in [2.45, 2.75) is 37.5 Å². The van der Waals surface area contributed by atoms with Crippen molar-refractivity contribution in [3.63, 3.8) is 0 Å². The molecule has 3 aromatic rings. The number of carbonyl (C=O) groups is 3. The van der Waals surface area contributed by atoms with Crippen molar-refractivity contribution >= 4 is 46.6 Å². The number of anilines is 3. The highest BCUT2D eigenvalue weighted by molar-refractivity contribution is 5.95. The maximum Gasteiger partial charge on any atom is 0.511 e. The highest BCUT2D eigenvalue weighted by Gasteiger charge is 2.35. The Bertz CT molecular complexity index is 1730. The predicted octanol–water partition coefficient (Wildman–Crippen LogP) is 1.85. The number of hydrogen-bond acceptors (Lipinski definition) is 11. The summed E-state index contributed by atoms with van der Waals surface area (Å²) in [4.78, 5) is 60.1. The van der Waals surface area contributed by atoms with Gasteiger partial charge in [-0.1, -0.05) is 0 Å². The van der Waals surface area contributed by atoms with E-state index in [1.165, 1.54) is 11.1 Å². The second kappa shape index (κ2) is 10.4. The van der Waals surface area contributed by atoms with Crippen LogP contribution in [0.5, 0.6) is 11.5 Å². The Morgan fingerprint density at radius 2 is 2.02 bits per heavy atom. The quantitative estimate of drug-likeness (QED) is 0.338. The fourth-order valence-electron chi connectivity index (χ4n) is 5.57. The molecule has 0 radical (unpaired) electrons. The lowest BCUT2D eigenvalue weighted by atomic mass is 10.2. The summed E-state index contributed by atoms with van der Waals surface area (Å²) in [5.74, 6) is -0.319. The van der Waals surface area contributed by atoms with Crippen LogP contribution in [-0.4, -0.2) is 82.7 Å². The van der Waals surface area contributed by atoms with Gasteiger partial charge >= 0.3 is 12.2 Å². The van der Waals surface area contributed by atoms with Gasteiger partial charge in [-0.15, -0.1) is 0 Å². The Morgan fingerprint density at radius 1 is 1.19 bits per heavy atom. The fraction of sp³-hybridized carbons (Fsp3) is 0.407. The van der Waals surface area contributed by atoms with Crippen LogP contribution in [-0.2, 0) is 9.53 Å². The average molecular weight is 596 g/mol. The Hall–Kier alpha value is -4.99. The molecule has 0 aromatic carbocycles. The van der Waals surface area contributed by atoms with Gasteiger partial charge in [0.1, 0.15) is 17.6 Å². The molecular weight excluding hydrogens is 569 g/mol. The zero-order valence-electron chi connectivity index (χ0n) is 22.6. The molecule has 1 aliphatic carbocycles. The molecule has 6 heterocycles. The standard InChI is InChI=1S/C27H26FN7O8/c28-17-7-16-22(37)19(43-27(39)40)11-34(14-1-2-14)24(16)32-25(17)33-6-5-13(9-33)29-8-15-10-35(26(38)42-15)20-4-3-18-23(30-20)31-21(36)12-41-18/h3-4,7,11,13-15,29H,1-2,5-6,8-10,12H2,(H,39,40)(H,30,31,36)/t13?,15-/m0/s1. The van der Waals surface area contributed by atoms with Gasteiger partial charge in [0.15, 0.2) is 35.6 Å². The molecule has 16 heteroatoms. The molecule has 2 atom stereocenters. The van der Waals surface area contributed by atoms with Crippen molar-refractivity contribution in [2.75, 3.05) is 47.9 Å². The third-order valence-electron chi connectivity index (χ3n) is 7.78. The number of fused-ring (bicyclic) bond motifs is 2. The Kier molecular flexibility index (Phi) is 6.49. The monoisotopic (exact) mass is 595 g/mol. The summed E-state index contributed by atoms with van der Waals surface area (Å²) in [6.45, 7) is 1.44. The molecule has 3 fully saturated rings.